The maximum atomic E-state index is 12.7. The fourth-order valence-electron chi connectivity index (χ4n) is 2.06. The molecule has 1 unspecified atom stereocenters. The lowest BCUT2D eigenvalue weighted by Crippen LogP contribution is -2.29. The van der Waals surface area contributed by atoms with Gasteiger partial charge in [0, 0.05) is 24.3 Å². The van der Waals surface area contributed by atoms with E-state index in [9.17, 15) is 4.79 Å². The first-order chi connectivity index (χ1) is 10.1. The first kappa shape index (κ1) is 14.0. The number of aromatic nitrogens is 2. The van der Waals surface area contributed by atoms with Crippen molar-refractivity contribution in [3.63, 3.8) is 0 Å². The minimum Gasteiger partial charge on any atom is -0.396 e. The van der Waals surface area contributed by atoms with Crippen LogP contribution in [0.5, 0.6) is 0 Å². The van der Waals surface area contributed by atoms with E-state index in [1.54, 1.807) is 35.7 Å². The normalized spacial score (nSPS) is 12.5. The molecule has 3 heterocycles. The Labute approximate surface area is 130 Å². The molecule has 0 aliphatic heterocycles. The van der Waals surface area contributed by atoms with Crippen LogP contribution in [0.4, 0.5) is 5.69 Å². The third kappa shape index (κ3) is 2.38. The van der Waals surface area contributed by atoms with Crippen LogP contribution in [0.25, 0.3) is 10.3 Å². The number of anilines is 1. The number of carbonyl (C=O) groups is 1. The smallest absolute Gasteiger partial charge is 0.266 e. The molecule has 0 saturated heterocycles. The van der Waals surface area contributed by atoms with Gasteiger partial charge in [-0.25, -0.2) is 9.97 Å². The second-order valence-corrected chi connectivity index (χ2v) is 6.64. The second-order valence-electron chi connectivity index (χ2n) is 4.66. The Bertz CT molecular complexity index is 781. The van der Waals surface area contributed by atoms with E-state index < -0.39 is 0 Å². The van der Waals surface area contributed by atoms with Gasteiger partial charge in [0.15, 0.2) is 0 Å². The molecule has 0 aromatic carbocycles. The third-order valence-electron chi connectivity index (χ3n) is 3.41. The van der Waals surface area contributed by atoms with Gasteiger partial charge in [0.25, 0.3) is 5.91 Å². The number of carbonyl (C=O) groups excluding carboxylic acids is 1. The molecule has 5 nitrogen and oxygen atoms in total. The van der Waals surface area contributed by atoms with Crippen molar-refractivity contribution in [2.45, 2.75) is 13.0 Å². The summed E-state index contributed by atoms with van der Waals surface area (Å²) in [7, 11) is 1.79. The molecule has 0 fully saturated rings. The van der Waals surface area contributed by atoms with E-state index in [-0.39, 0.29) is 11.9 Å². The maximum absolute atomic E-state index is 12.7. The largest absolute Gasteiger partial charge is 0.396 e. The molecule has 7 heteroatoms. The van der Waals surface area contributed by atoms with Gasteiger partial charge in [-0.15, -0.1) is 22.7 Å². The molecule has 0 bridgehead atoms. The summed E-state index contributed by atoms with van der Waals surface area (Å²) in [6.07, 6.45) is 3.18. The SMILES string of the molecule is CC(c1cccs1)N(C)C(=O)c1sc2nccnc2c1N. The molecule has 0 aliphatic rings. The van der Waals surface area contributed by atoms with Gasteiger partial charge in [-0.05, 0) is 18.4 Å². The number of nitrogen functional groups attached to an aromatic ring is 1. The molecule has 0 spiro atoms. The fraction of sp³-hybridized carbons (Fsp3) is 0.214. The minimum absolute atomic E-state index is 0.00281. The Morgan fingerprint density at radius 1 is 1.38 bits per heavy atom. The number of hydrogen-bond acceptors (Lipinski definition) is 6. The van der Waals surface area contributed by atoms with Crippen LogP contribution in [0, 0.1) is 0 Å². The van der Waals surface area contributed by atoms with Crippen molar-refractivity contribution >= 4 is 44.6 Å². The predicted octanol–water partition coefficient (Wildman–Crippen LogP) is 3.17. The molecule has 3 aromatic rings. The summed E-state index contributed by atoms with van der Waals surface area (Å²) >= 11 is 2.92. The van der Waals surface area contributed by atoms with Crippen LogP contribution in [0.3, 0.4) is 0 Å². The van der Waals surface area contributed by atoms with E-state index in [1.165, 1.54) is 11.3 Å². The summed E-state index contributed by atoms with van der Waals surface area (Å²) in [5.41, 5.74) is 7.07. The molecule has 21 heavy (non-hydrogen) atoms. The molecule has 2 N–H and O–H groups in total. The molecule has 3 aromatic heterocycles. The molecule has 0 aliphatic carbocycles. The number of nitrogens with two attached hydrogens (primary N) is 1. The Morgan fingerprint density at radius 2 is 2.14 bits per heavy atom. The number of thiophene rings is 2. The highest BCUT2D eigenvalue weighted by molar-refractivity contribution is 7.21. The molecule has 1 atom stereocenters. The quantitative estimate of drug-likeness (QED) is 0.805. The van der Waals surface area contributed by atoms with Crippen molar-refractivity contribution < 1.29 is 4.79 Å². The van der Waals surface area contributed by atoms with Crippen LogP contribution in [0.1, 0.15) is 27.5 Å². The zero-order valence-electron chi connectivity index (χ0n) is 11.6. The summed E-state index contributed by atoms with van der Waals surface area (Å²) in [5, 5.41) is 2.01. The van der Waals surface area contributed by atoms with Crippen molar-refractivity contribution in [2.24, 2.45) is 0 Å². The monoisotopic (exact) mass is 318 g/mol. The summed E-state index contributed by atoms with van der Waals surface area (Å²) in [4.78, 5) is 25.1. The lowest BCUT2D eigenvalue weighted by atomic mass is 10.2. The molecular formula is C14H14N4OS2. The summed E-state index contributed by atoms with van der Waals surface area (Å²) < 4.78 is 0. The van der Waals surface area contributed by atoms with Crippen molar-refractivity contribution in [1.29, 1.82) is 0 Å². The van der Waals surface area contributed by atoms with Crippen LogP contribution >= 0.6 is 22.7 Å². The molecule has 0 saturated carbocycles. The fourth-order valence-corrected chi connectivity index (χ4v) is 3.89. The van der Waals surface area contributed by atoms with Gasteiger partial charge in [0.2, 0.25) is 0 Å². The summed E-state index contributed by atoms with van der Waals surface area (Å²) in [5.74, 6) is -0.0989. The van der Waals surface area contributed by atoms with Gasteiger partial charge in [-0.3, -0.25) is 4.79 Å². The number of fused-ring (bicyclic) bond motifs is 1. The Hall–Kier alpha value is -1.99. The predicted molar refractivity (Wildman–Crippen MR) is 86.7 cm³/mol. The number of hydrogen-bond donors (Lipinski definition) is 1. The lowest BCUT2D eigenvalue weighted by Gasteiger charge is -2.23. The average Bonchev–Trinajstić information content (AvgIpc) is 3.14. The third-order valence-corrected chi connectivity index (χ3v) is 5.55. The van der Waals surface area contributed by atoms with Crippen molar-refractivity contribution in [1.82, 2.24) is 14.9 Å². The molecule has 1 amide bonds. The standard InChI is InChI=1S/C14H14N4OS2/c1-8(9-4-3-7-20-9)18(2)14(19)12-10(15)11-13(21-12)17-6-5-16-11/h3-8H,15H2,1-2H3. The van der Waals surface area contributed by atoms with E-state index in [0.717, 1.165) is 4.88 Å². The highest BCUT2D eigenvalue weighted by Gasteiger charge is 2.24. The second kappa shape index (κ2) is 5.42. The highest BCUT2D eigenvalue weighted by atomic mass is 32.1. The summed E-state index contributed by atoms with van der Waals surface area (Å²) in [6.45, 7) is 2.00. The topological polar surface area (TPSA) is 72.1 Å². The zero-order chi connectivity index (χ0) is 15.0. The maximum Gasteiger partial charge on any atom is 0.266 e. The minimum atomic E-state index is -0.0989. The van der Waals surface area contributed by atoms with Gasteiger partial charge >= 0.3 is 0 Å². The Kier molecular flexibility index (Phi) is 3.60. The van der Waals surface area contributed by atoms with E-state index >= 15 is 0 Å². The van der Waals surface area contributed by atoms with Crippen LogP contribution in [-0.2, 0) is 0 Å². The highest BCUT2D eigenvalue weighted by Crippen LogP contribution is 2.33. The van der Waals surface area contributed by atoms with Crippen LogP contribution < -0.4 is 5.73 Å². The van der Waals surface area contributed by atoms with E-state index in [2.05, 4.69) is 9.97 Å². The van der Waals surface area contributed by atoms with Crippen LogP contribution in [0.15, 0.2) is 29.9 Å². The van der Waals surface area contributed by atoms with Crippen molar-refractivity contribution in [2.75, 3.05) is 12.8 Å². The van der Waals surface area contributed by atoms with Crippen molar-refractivity contribution in [3.8, 4) is 0 Å². The first-order valence-corrected chi connectivity index (χ1v) is 8.08. The van der Waals surface area contributed by atoms with E-state index in [4.69, 9.17) is 5.73 Å². The van der Waals surface area contributed by atoms with Gasteiger partial charge in [-0.2, -0.15) is 0 Å². The van der Waals surface area contributed by atoms with Crippen molar-refractivity contribution in [3.05, 3.63) is 39.7 Å². The Morgan fingerprint density at radius 3 is 2.81 bits per heavy atom. The first-order valence-electron chi connectivity index (χ1n) is 6.39. The van der Waals surface area contributed by atoms with Gasteiger partial charge < -0.3 is 10.6 Å². The molecule has 0 radical (unpaired) electrons. The van der Waals surface area contributed by atoms with Crippen LogP contribution in [-0.4, -0.2) is 27.8 Å². The van der Waals surface area contributed by atoms with E-state index in [1.807, 2.05) is 24.4 Å². The molecule has 108 valence electrons. The van der Waals surface area contributed by atoms with Gasteiger partial charge in [0.1, 0.15) is 15.2 Å². The molecule has 3 rings (SSSR count). The van der Waals surface area contributed by atoms with E-state index in [0.29, 0.717) is 20.9 Å². The Balaban J connectivity index is 1.95. The average molecular weight is 318 g/mol. The zero-order valence-corrected chi connectivity index (χ0v) is 13.2. The number of nitrogens with zero attached hydrogens (tertiary/aromatic N) is 3. The van der Waals surface area contributed by atoms with Gasteiger partial charge in [0.05, 0.1) is 11.7 Å². The lowest BCUT2D eigenvalue weighted by molar-refractivity contribution is 0.0751. The van der Waals surface area contributed by atoms with Gasteiger partial charge in [-0.1, -0.05) is 6.07 Å². The van der Waals surface area contributed by atoms with Crippen LogP contribution in [0.2, 0.25) is 0 Å². The number of rotatable bonds is 3. The number of amides is 1. The molecular weight excluding hydrogens is 304 g/mol. The summed E-state index contributed by atoms with van der Waals surface area (Å²) in [6, 6.07) is 4.01.